The molecule has 26 heavy (non-hydrogen) atoms. The summed E-state index contributed by atoms with van der Waals surface area (Å²) in [6.07, 6.45) is 11.6. The molecule has 2 fully saturated rings. The first-order chi connectivity index (χ1) is 12.6. The molecule has 2 saturated carbocycles. The van der Waals surface area contributed by atoms with E-state index in [1.54, 1.807) is 12.5 Å². The molecule has 0 aliphatic heterocycles. The second-order valence-corrected chi connectivity index (χ2v) is 8.10. The fourth-order valence-electron chi connectivity index (χ4n) is 4.93. The van der Waals surface area contributed by atoms with E-state index in [9.17, 15) is 8.78 Å². The highest BCUT2D eigenvalue weighted by atomic mass is 35.5. The first kappa shape index (κ1) is 19.7. The Labute approximate surface area is 160 Å². The molecule has 0 spiro atoms. The lowest BCUT2D eigenvalue weighted by molar-refractivity contribution is 0.171. The molecular weight excluding hydrogens is 354 g/mol. The number of hydrogen-bond acceptors (Lipinski definition) is 1. The minimum Gasteiger partial charge on any atom is -0.488 e. The molecule has 0 aromatic heterocycles. The van der Waals surface area contributed by atoms with Gasteiger partial charge in [-0.3, -0.25) is 0 Å². The van der Waals surface area contributed by atoms with Crippen molar-refractivity contribution in [2.45, 2.75) is 64.2 Å². The van der Waals surface area contributed by atoms with Crippen molar-refractivity contribution in [3.8, 4) is 5.75 Å². The quantitative estimate of drug-likeness (QED) is 0.523. The summed E-state index contributed by atoms with van der Waals surface area (Å²) in [6, 6.07) is 2.95. The molecule has 0 amide bonds. The Morgan fingerprint density at radius 1 is 0.962 bits per heavy atom. The first-order valence-corrected chi connectivity index (χ1v) is 10.4. The van der Waals surface area contributed by atoms with Crippen LogP contribution in [0.15, 0.2) is 23.7 Å². The van der Waals surface area contributed by atoms with E-state index < -0.39 is 11.6 Å². The normalized spacial score (nSPS) is 29.8. The van der Waals surface area contributed by atoms with Gasteiger partial charge in [-0.1, -0.05) is 17.7 Å². The van der Waals surface area contributed by atoms with Gasteiger partial charge in [0.25, 0.3) is 0 Å². The molecule has 1 nitrogen and oxygen atoms in total. The van der Waals surface area contributed by atoms with Crippen LogP contribution >= 0.6 is 11.6 Å². The van der Waals surface area contributed by atoms with Crippen molar-refractivity contribution < 1.29 is 13.5 Å². The minimum atomic E-state index is -0.574. The number of rotatable bonds is 5. The van der Waals surface area contributed by atoms with Gasteiger partial charge in [0.1, 0.15) is 0 Å². The van der Waals surface area contributed by atoms with Crippen LogP contribution in [0.4, 0.5) is 8.78 Å². The first-order valence-electron chi connectivity index (χ1n) is 10.0. The Hall–Kier alpha value is -1.09. The molecular formula is C22H29ClF2O. The zero-order valence-corrected chi connectivity index (χ0v) is 16.3. The van der Waals surface area contributed by atoms with Crippen molar-refractivity contribution in [1.29, 1.82) is 0 Å². The van der Waals surface area contributed by atoms with Crippen molar-refractivity contribution in [2.75, 3.05) is 6.61 Å². The summed E-state index contributed by atoms with van der Waals surface area (Å²) in [7, 11) is 0. The molecule has 0 heterocycles. The van der Waals surface area contributed by atoms with Crippen molar-refractivity contribution in [3.63, 3.8) is 0 Å². The summed E-state index contributed by atoms with van der Waals surface area (Å²) in [4.78, 5) is 0. The Kier molecular flexibility index (Phi) is 6.97. The van der Waals surface area contributed by atoms with E-state index in [-0.39, 0.29) is 18.3 Å². The molecule has 144 valence electrons. The summed E-state index contributed by atoms with van der Waals surface area (Å²) in [6.45, 7) is 1.99. The molecule has 2 aliphatic carbocycles. The maximum atomic E-state index is 14.1. The van der Waals surface area contributed by atoms with E-state index in [2.05, 4.69) is 6.08 Å². The van der Waals surface area contributed by atoms with Gasteiger partial charge in [-0.15, -0.1) is 0 Å². The molecule has 0 bridgehead atoms. The monoisotopic (exact) mass is 382 g/mol. The van der Waals surface area contributed by atoms with Crippen molar-refractivity contribution in [3.05, 3.63) is 40.9 Å². The van der Waals surface area contributed by atoms with Crippen LogP contribution in [0.5, 0.6) is 5.75 Å². The van der Waals surface area contributed by atoms with Crippen LogP contribution in [0.2, 0.25) is 0 Å². The molecule has 0 radical (unpaired) electrons. The smallest absolute Gasteiger partial charge is 0.190 e. The lowest BCUT2D eigenvalue weighted by Crippen LogP contribution is -2.25. The summed E-state index contributed by atoms with van der Waals surface area (Å²) in [5, 5.41) is 0. The van der Waals surface area contributed by atoms with Crippen LogP contribution < -0.4 is 4.74 Å². The van der Waals surface area contributed by atoms with Gasteiger partial charge in [-0.2, -0.15) is 0 Å². The number of hydrogen-bond donors (Lipinski definition) is 0. The summed E-state index contributed by atoms with van der Waals surface area (Å²) >= 11 is 5.70. The average molecular weight is 383 g/mol. The molecule has 1 aromatic rings. The number of allylic oxidation sites excluding steroid dienone is 1. The molecule has 4 heteroatoms. The van der Waals surface area contributed by atoms with Crippen molar-refractivity contribution in [1.82, 2.24) is 0 Å². The average Bonchev–Trinajstić information content (AvgIpc) is 2.66. The van der Waals surface area contributed by atoms with Gasteiger partial charge < -0.3 is 4.74 Å². The SMILES string of the molecule is CCOc1c(F)cc(C2CCC(C3CCC(C=CCl)CC3)CC2)cc1F. The summed E-state index contributed by atoms with van der Waals surface area (Å²) in [5.74, 6) is 1.10. The Morgan fingerprint density at radius 3 is 2.00 bits per heavy atom. The maximum Gasteiger partial charge on any atom is 0.190 e. The standard InChI is InChI=1S/C22H29ClF2O/c1-2-26-22-20(24)13-19(14-21(22)25)18-9-7-17(8-10-18)16-5-3-15(4-6-16)11-12-23/h11-18H,2-10H2,1H3. The van der Waals surface area contributed by atoms with Crippen molar-refractivity contribution >= 4 is 11.6 Å². The van der Waals surface area contributed by atoms with Crippen LogP contribution in [0, 0.1) is 29.4 Å². The number of halogens is 3. The predicted molar refractivity (Wildman–Crippen MR) is 103 cm³/mol. The number of ether oxygens (including phenoxy) is 1. The predicted octanol–water partition coefficient (Wildman–Crippen LogP) is 7.20. The molecule has 1 aromatic carbocycles. The van der Waals surface area contributed by atoms with Gasteiger partial charge in [0.2, 0.25) is 0 Å². The third-order valence-corrected chi connectivity index (χ3v) is 6.53. The van der Waals surface area contributed by atoms with E-state index >= 15 is 0 Å². The van der Waals surface area contributed by atoms with Gasteiger partial charge in [-0.05, 0) is 99.7 Å². The van der Waals surface area contributed by atoms with E-state index in [4.69, 9.17) is 16.3 Å². The maximum absolute atomic E-state index is 14.1. The second-order valence-electron chi connectivity index (χ2n) is 7.85. The highest BCUT2D eigenvalue weighted by Gasteiger charge is 2.31. The van der Waals surface area contributed by atoms with Gasteiger partial charge in [-0.25, -0.2) is 8.78 Å². The van der Waals surface area contributed by atoms with Crippen molar-refractivity contribution in [2.24, 2.45) is 17.8 Å². The van der Waals surface area contributed by atoms with Crippen LogP contribution in [-0.2, 0) is 0 Å². The Bertz CT molecular complexity index is 592. The molecule has 0 N–H and O–H groups in total. The fraction of sp³-hybridized carbons (Fsp3) is 0.636. The van der Waals surface area contributed by atoms with Gasteiger partial charge in [0, 0.05) is 5.54 Å². The van der Waals surface area contributed by atoms with Crippen LogP contribution in [0.25, 0.3) is 0 Å². The second kappa shape index (κ2) is 9.21. The largest absolute Gasteiger partial charge is 0.488 e. The molecule has 3 rings (SSSR count). The summed E-state index contributed by atoms with van der Waals surface area (Å²) in [5.41, 5.74) is 2.45. The van der Waals surface area contributed by atoms with Crippen LogP contribution in [0.3, 0.4) is 0 Å². The fourth-order valence-corrected chi connectivity index (χ4v) is 5.14. The lowest BCUT2D eigenvalue weighted by atomic mass is 9.68. The molecule has 0 atom stereocenters. The van der Waals surface area contributed by atoms with Crippen LogP contribution in [-0.4, -0.2) is 6.61 Å². The lowest BCUT2D eigenvalue weighted by Gasteiger charge is -2.37. The summed E-state index contributed by atoms with van der Waals surface area (Å²) < 4.78 is 33.3. The Morgan fingerprint density at radius 2 is 1.50 bits per heavy atom. The van der Waals surface area contributed by atoms with E-state index in [1.165, 1.54) is 50.7 Å². The van der Waals surface area contributed by atoms with E-state index in [0.29, 0.717) is 5.92 Å². The zero-order chi connectivity index (χ0) is 18.5. The topological polar surface area (TPSA) is 9.23 Å². The third kappa shape index (κ3) is 4.60. The molecule has 0 unspecified atom stereocenters. The molecule has 0 saturated heterocycles. The van der Waals surface area contributed by atoms with E-state index in [1.807, 2.05) is 0 Å². The van der Waals surface area contributed by atoms with Gasteiger partial charge in [0.15, 0.2) is 17.4 Å². The third-order valence-electron chi connectivity index (χ3n) is 6.38. The number of benzene rings is 1. The van der Waals surface area contributed by atoms with E-state index in [0.717, 1.165) is 30.2 Å². The minimum absolute atomic E-state index is 0.243. The Balaban J connectivity index is 1.56. The highest BCUT2D eigenvalue weighted by molar-refractivity contribution is 6.25. The highest BCUT2D eigenvalue weighted by Crippen LogP contribution is 2.44. The van der Waals surface area contributed by atoms with Gasteiger partial charge >= 0.3 is 0 Å². The van der Waals surface area contributed by atoms with Gasteiger partial charge in [0.05, 0.1) is 6.61 Å². The van der Waals surface area contributed by atoms with Crippen LogP contribution in [0.1, 0.15) is 69.8 Å². The zero-order valence-electron chi connectivity index (χ0n) is 15.5. The molecule has 2 aliphatic rings.